The van der Waals surface area contributed by atoms with Gasteiger partial charge >= 0.3 is 0 Å². The topological polar surface area (TPSA) is 0 Å². The molecule has 1 saturated carbocycles. The van der Waals surface area contributed by atoms with Crippen molar-refractivity contribution in [2.75, 3.05) is 0 Å². The lowest BCUT2D eigenvalue weighted by atomic mass is 10.0. The molecule has 0 saturated heterocycles. The summed E-state index contributed by atoms with van der Waals surface area (Å²) in [4.78, 5) is 0. The molecule has 0 atom stereocenters. The largest absolute Gasteiger partial charge is 0.120 e. The van der Waals surface area contributed by atoms with Gasteiger partial charge in [-0.2, -0.15) is 0 Å². The summed E-state index contributed by atoms with van der Waals surface area (Å²) in [5, 5.41) is 0. The average Bonchev–Trinajstić information content (AvgIpc) is 1.27. The molecule has 1 aliphatic carbocycles. The van der Waals surface area contributed by atoms with Crippen molar-refractivity contribution < 1.29 is 0 Å². The van der Waals surface area contributed by atoms with Crippen molar-refractivity contribution in [1.82, 2.24) is 0 Å². The number of terminal acetylenes is 1. The SMILES string of the molecule is C#CC.C1CCC1. The maximum Gasteiger partial charge on any atom is -0.00297 e. The fourth-order valence-corrected chi connectivity index (χ4v) is 0.250. The van der Waals surface area contributed by atoms with Crippen molar-refractivity contribution in [1.29, 1.82) is 0 Å². The minimum Gasteiger partial charge on any atom is -0.120 e. The van der Waals surface area contributed by atoms with Crippen LogP contribution in [0.25, 0.3) is 0 Å². The van der Waals surface area contributed by atoms with Crippen LogP contribution < -0.4 is 0 Å². The van der Waals surface area contributed by atoms with Gasteiger partial charge in [0, 0.05) is 0 Å². The van der Waals surface area contributed by atoms with Gasteiger partial charge in [0.2, 0.25) is 0 Å². The van der Waals surface area contributed by atoms with E-state index in [4.69, 9.17) is 0 Å². The van der Waals surface area contributed by atoms with Crippen LogP contribution in [0.4, 0.5) is 0 Å². The second kappa shape index (κ2) is 5.56. The Morgan fingerprint density at radius 2 is 1.29 bits per heavy atom. The highest BCUT2D eigenvalue weighted by molar-refractivity contribution is 4.73. The highest BCUT2D eigenvalue weighted by atomic mass is 14.0. The van der Waals surface area contributed by atoms with E-state index in [2.05, 4.69) is 12.3 Å². The lowest BCUT2D eigenvalue weighted by molar-refractivity contribution is 0.504. The molecule has 0 heteroatoms. The van der Waals surface area contributed by atoms with Gasteiger partial charge < -0.3 is 0 Å². The van der Waals surface area contributed by atoms with Crippen LogP contribution in [0.1, 0.15) is 32.6 Å². The minimum atomic E-state index is 1.50. The normalized spacial score (nSPS) is 14.9. The molecule has 0 unspecified atom stereocenters. The molecule has 40 valence electrons. The molecule has 0 aromatic rings. The van der Waals surface area contributed by atoms with Crippen LogP contribution in [0.5, 0.6) is 0 Å². The Labute approximate surface area is 45.9 Å². The summed E-state index contributed by atoms with van der Waals surface area (Å²) in [7, 11) is 0. The van der Waals surface area contributed by atoms with Gasteiger partial charge in [-0.15, -0.1) is 12.3 Å². The molecule has 0 bridgehead atoms. The third-order valence-electron chi connectivity index (χ3n) is 1.000. The second-order valence-electron chi connectivity index (χ2n) is 1.70. The molecule has 0 radical (unpaired) electrons. The van der Waals surface area contributed by atoms with Gasteiger partial charge in [-0.3, -0.25) is 0 Å². The van der Waals surface area contributed by atoms with Crippen molar-refractivity contribution in [3.63, 3.8) is 0 Å². The molecule has 0 heterocycles. The van der Waals surface area contributed by atoms with Crippen molar-refractivity contribution in [3.8, 4) is 12.3 Å². The fraction of sp³-hybridized carbons (Fsp3) is 0.714. The first kappa shape index (κ1) is 6.56. The molecule has 1 aliphatic rings. The first-order chi connectivity index (χ1) is 3.41. The Hall–Kier alpha value is -0.440. The van der Waals surface area contributed by atoms with Gasteiger partial charge in [0.1, 0.15) is 0 Å². The maximum absolute atomic E-state index is 4.60. The van der Waals surface area contributed by atoms with E-state index < -0.39 is 0 Å². The van der Waals surface area contributed by atoms with Crippen molar-refractivity contribution in [2.24, 2.45) is 0 Å². The molecule has 0 aromatic heterocycles. The summed E-state index contributed by atoms with van der Waals surface area (Å²) in [5.41, 5.74) is 0. The summed E-state index contributed by atoms with van der Waals surface area (Å²) in [6.45, 7) is 1.65. The van der Waals surface area contributed by atoms with E-state index in [1.165, 1.54) is 25.7 Å². The van der Waals surface area contributed by atoms with Crippen LogP contribution in [0.15, 0.2) is 0 Å². The molecule has 0 nitrogen and oxygen atoms in total. The molecule has 0 amide bonds. The van der Waals surface area contributed by atoms with Gasteiger partial charge in [0.25, 0.3) is 0 Å². The van der Waals surface area contributed by atoms with E-state index >= 15 is 0 Å². The highest BCUT2D eigenvalue weighted by Crippen LogP contribution is 2.15. The monoisotopic (exact) mass is 96.1 g/mol. The Kier molecular flexibility index (Phi) is 5.21. The third-order valence-corrected chi connectivity index (χ3v) is 1.000. The molecular weight excluding hydrogens is 84.1 g/mol. The number of hydrogen-bond donors (Lipinski definition) is 0. The molecule has 0 aliphatic heterocycles. The third kappa shape index (κ3) is 5.56. The molecule has 7 heavy (non-hydrogen) atoms. The first-order valence-corrected chi connectivity index (χ1v) is 2.79. The molecule has 1 fully saturated rings. The molecule has 0 aromatic carbocycles. The lowest BCUT2D eigenvalue weighted by Crippen LogP contribution is -1.85. The summed E-state index contributed by atoms with van der Waals surface area (Å²) in [5.74, 6) is 2.25. The van der Waals surface area contributed by atoms with Crippen molar-refractivity contribution in [3.05, 3.63) is 0 Å². The van der Waals surface area contributed by atoms with Gasteiger partial charge in [-0.1, -0.05) is 25.7 Å². The standard InChI is InChI=1S/C4H8.C3H4/c1-2-4-3-1;1-3-2/h1-4H2;1H,2H3. The first-order valence-electron chi connectivity index (χ1n) is 2.79. The summed E-state index contributed by atoms with van der Waals surface area (Å²) < 4.78 is 0. The van der Waals surface area contributed by atoms with Crippen LogP contribution in [0.2, 0.25) is 0 Å². The van der Waals surface area contributed by atoms with Crippen LogP contribution in [0, 0.1) is 12.3 Å². The van der Waals surface area contributed by atoms with E-state index in [-0.39, 0.29) is 0 Å². The predicted octanol–water partition coefficient (Wildman–Crippen LogP) is 2.20. The second-order valence-corrected chi connectivity index (χ2v) is 1.70. The molecular formula is C7H12. The zero-order chi connectivity index (χ0) is 5.54. The zero-order valence-electron chi connectivity index (χ0n) is 4.91. The van der Waals surface area contributed by atoms with Crippen molar-refractivity contribution >= 4 is 0 Å². The average molecular weight is 96.2 g/mol. The summed E-state index contributed by atoms with van der Waals surface area (Å²) >= 11 is 0. The van der Waals surface area contributed by atoms with Crippen LogP contribution >= 0.6 is 0 Å². The predicted molar refractivity (Wildman–Crippen MR) is 33.0 cm³/mol. The molecule has 0 spiro atoms. The van der Waals surface area contributed by atoms with Gasteiger partial charge in [-0.05, 0) is 6.92 Å². The summed E-state index contributed by atoms with van der Waals surface area (Å²) in [6, 6.07) is 0. The highest BCUT2D eigenvalue weighted by Gasteiger charge is 1.95. The Morgan fingerprint density at radius 1 is 1.14 bits per heavy atom. The van der Waals surface area contributed by atoms with E-state index in [1.807, 2.05) is 0 Å². The number of rotatable bonds is 0. The quantitative estimate of drug-likeness (QED) is 0.405. The fourth-order valence-electron chi connectivity index (χ4n) is 0.250. The van der Waals surface area contributed by atoms with Crippen LogP contribution in [-0.2, 0) is 0 Å². The lowest BCUT2D eigenvalue weighted by Gasteiger charge is -2.05. The minimum absolute atomic E-state index is 1.50. The van der Waals surface area contributed by atoms with Gasteiger partial charge in [0.15, 0.2) is 0 Å². The van der Waals surface area contributed by atoms with Crippen LogP contribution in [0.3, 0.4) is 0 Å². The Bertz CT molecular complexity index is 48.9. The number of hydrogen-bond acceptors (Lipinski definition) is 0. The Morgan fingerprint density at radius 3 is 1.29 bits per heavy atom. The Balaban J connectivity index is 0.000000110. The van der Waals surface area contributed by atoms with E-state index in [9.17, 15) is 0 Å². The van der Waals surface area contributed by atoms with E-state index in [1.54, 1.807) is 6.92 Å². The molecule has 0 N–H and O–H groups in total. The maximum atomic E-state index is 4.60. The van der Waals surface area contributed by atoms with Gasteiger partial charge in [-0.25, -0.2) is 0 Å². The van der Waals surface area contributed by atoms with Crippen LogP contribution in [-0.4, -0.2) is 0 Å². The smallest absolute Gasteiger partial charge is 0.00297 e. The van der Waals surface area contributed by atoms with Crippen molar-refractivity contribution in [2.45, 2.75) is 32.6 Å². The zero-order valence-corrected chi connectivity index (χ0v) is 4.91. The van der Waals surface area contributed by atoms with Gasteiger partial charge in [0.05, 0.1) is 0 Å². The summed E-state index contributed by atoms with van der Waals surface area (Å²) in [6.07, 6.45) is 10.6. The van der Waals surface area contributed by atoms with E-state index in [0.29, 0.717) is 0 Å². The van der Waals surface area contributed by atoms with E-state index in [0.717, 1.165) is 0 Å². The molecule has 1 rings (SSSR count).